The Morgan fingerprint density at radius 1 is 1.25 bits per heavy atom. The van der Waals surface area contributed by atoms with Gasteiger partial charge in [-0.15, -0.1) is 0 Å². The maximum absolute atomic E-state index is 12.1. The Kier molecular flexibility index (Phi) is 2.64. The summed E-state index contributed by atoms with van der Waals surface area (Å²) in [6, 6.07) is 5.20. The van der Waals surface area contributed by atoms with Crippen molar-refractivity contribution < 1.29 is 9.53 Å². The van der Waals surface area contributed by atoms with Gasteiger partial charge in [-0.05, 0) is 24.3 Å². The van der Waals surface area contributed by atoms with Crippen LogP contribution >= 0.6 is 0 Å². The molecule has 0 saturated heterocycles. The molecular weight excluding hydrogens is 256 g/mol. The van der Waals surface area contributed by atoms with Gasteiger partial charge in [0.05, 0.1) is 35.4 Å². The zero-order chi connectivity index (χ0) is 14.3. The van der Waals surface area contributed by atoms with E-state index in [2.05, 4.69) is 10.3 Å². The Balaban J connectivity index is 2.17. The summed E-state index contributed by atoms with van der Waals surface area (Å²) in [5.41, 5.74) is 15.1. The molecule has 2 heterocycles. The predicted octanol–water partition coefficient (Wildman–Crippen LogP) is 1.68. The molecule has 20 heavy (non-hydrogen) atoms. The van der Waals surface area contributed by atoms with Crippen molar-refractivity contribution in [3.8, 4) is 5.75 Å². The third-order valence-corrected chi connectivity index (χ3v) is 3.29. The summed E-state index contributed by atoms with van der Waals surface area (Å²) in [5.74, 6) is 0.440. The van der Waals surface area contributed by atoms with Gasteiger partial charge < -0.3 is 26.5 Å². The van der Waals surface area contributed by atoms with Crippen LogP contribution in [0.4, 0.5) is 17.1 Å². The number of nitrogen functional groups attached to an aromatic ring is 2. The van der Waals surface area contributed by atoms with Crippen molar-refractivity contribution in [2.75, 3.05) is 23.9 Å². The zero-order valence-electron chi connectivity index (χ0n) is 10.9. The molecule has 6 N–H and O–H groups in total. The molecular formula is C14H14N4O2. The molecule has 6 nitrogen and oxygen atoms in total. The first-order valence-corrected chi connectivity index (χ1v) is 6.04. The molecule has 0 aliphatic carbocycles. The standard InChI is InChI=1S/C14H14N4O2/c1-20-11-4-5-17-10(11)6-7-12-9(18-14(7)19)3-2-8(15)13(12)16/h2-6,17H,15-16H2,1H3,(H,18,19). The van der Waals surface area contributed by atoms with Crippen molar-refractivity contribution in [1.82, 2.24) is 4.98 Å². The lowest BCUT2D eigenvalue weighted by Crippen LogP contribution is -2.03. The minimum absolute atomic E-state index is 0.214. The molecule has 0 spiro atoms. The van der Waals surface area contributed by atoms with Crippen molar-refractivity contribution in [2.24, 2.45) is 0 Å². The van der Waals surface area contributed by atoms with E-state index in [1.165, 1.54) is 0 Å². The normalized spacial score (nSPS) is 15.2. The van der Waals surface area contributed by atoms with Crippen molar-refractivity contribution in [3.63, 3.8) is 0 Å². The summed E-state index contributed by atoms with van der Waals surface area (Å²) in [6.07, 6.45) is 3.44. The third-order valence-electron chi connectivity index (χ3n) is 3.29. The summed E-state index contributed by atoms with van der Waals surface area (Å²) in [4.78, 5) is 15.1. The summed E-state index contributed by atoms with van der Waals surface area (Å²) >= 11 is 0. The summed E-state index contributed by atoms with van der Waals surface area (Å²) in [5, 5.41) is 2.77. The lowest BCUT2D eigenvalue weighted by molar-refractivity contribution is -0.110. The molecule has 1 aromatic heterocycles. The van der Waals surface area contributed by atoms with E-state index >= 15 is 0 Å². The van der Waals surface area contributed by atoms with Crippen LogP contribution in [-0.4, -0.2) is 18.0 Å². The Labute approximate surface area is 115 Å². The number of hydrogen-bond acceptors (Lipinski definition) is 4. The number of aromatic nitrogens is 1. The van der Waals surface area contributed by atoms with Gasteiger partial charge in [0.1, 0.15) is 5.75 Å². The maximum atomic E-state index is 12.1. The number of aromatic amines is 1. The molecule has 0 fully saturated rings. The SMILES string of the molecule is COc1cc[nH]c1C=C1C(=O)Nc2ccc(N)c(N)c21. The first kappa shape index (κ1) is 12.2. The van der Waals surface area contributed by atoms with Crippen molar-refractivity contribution in [2.45, 2.75) is 0 Å². The van der Waals surface area contributed by atoms with Crippen molar-refractivity contribution in [1.29, 1.82) is 0 Å². The number of nitrogens with one attached hydrogen (secondary N) is 2. The van der Waals surface area contributed by atoms with Gasteiger partial charge in [-0.3, -0.25) is 4.79 Å². The number of fused-ring (bicyclic) bond motifs is 1. The number of carbonyl (C=O) groups excluding carboxylic acids is 1. The fraction of sp³-hybridized carbons (Fsp3) is 0.0714. The van der Waals surface area contributed by atoms with E-state index in [0.717, 1.165) is 0 Å². The van der Waals surface area contributed by atoms with Gasteiger partial charge in [0, 0.05) is 11.8 Å². The molecule has 0 unspecified atom stereocenters. The number of ether oxygens (including phenoxy) is 1. The fourth-order valence-corrected chi connectivity index (χ4v) is 2.27. The van der Waals surface area contributed by atoms with E-state index in [-0.39, 0.29) is 5.91 Å². The monoisotopic (exact) mass is 270 g/mol. The topological polar surface area (TPSA) is 106 Å². The van der Waals surface area contributed by atoms with Gasteiger partial charge in [-0.1, -0.05) is 0 Å². The molecule has 1 aliphatic heterocycles. The van der Waals surface area contributed by atoms with Gasteiger partial charge in [-0.25, -0.2) is 0 Å². The van der Waals surface area contributed by atoms with Gasteiger partial charge in [-0.2, -0.15) is 0 Å². The maximum Gasteiger partial charge on any atom is 0.256 e. The lowest BCUT2D eigenvalue weighted by atomic mass is 10.0. The number of H-pyrrole nitrogens is 1. The average molecular weight is 270 g/mol. The number of nitrogens with two attached hydrogens (primary N) is 2. The van der Waals surface area contributed by atoms with E-state index in [9.17, 15) is 4.79 Å². The predicted molar refractivity (Wildman–Crippen MR) is 79.1 cm³/mol. The molecule has 2 aromatic rings. The molecule has 3 rings (SSSR count). The number of anilines is 3. The second-order valence-electron chi connectivity index (χ2n) is 4.46. The van der Waals surface area contributed by atoms with Crippen LogP contribution in [0.2, 0.25) is 0 Å². The van der Waals surface area contributed by atoms with Crippen LogP contribution in [-0.2, 0) is 4.79 Å². The zero-order valence-corrected chi connectivity index (χ0v) is 10.9. The number of benzene rings is 1. The average Bonchev–Trinajstić information content (AvgIpc) is 3.00. The highest BCUT2D eigenvalue weighted by Gasteiger charge is 2.27. The van der Waals surface area contributed by atoms with Crippen molar-refractivity contribution in [3.05, 3.63) is 35.7 Å². The number of rotatable bonds is 2. The second kappa shape index (κ2) is 4.34. The molecule has 0 bridgehead atoms. The summed E-state index contributed by atoms with van der Waals surface area (Å²) in [6.45, 7) is 0. The Hall–Kier alpha value is -2.89. The van der Waals surface area contributed by atoms with Crippen LogP contribution in [0.25, 0.3) is 11.6 Å². The van der Waals surface area contributed by atoms with E-state index < -0.39 is 0 Å². The molecule has 1 aromatic carbocycles. The molecule has 102 valence electrons. The number of carbonyl (C=O) groups is 1. The molecule has 0 atom stereocenters. The lowest BCUT2D eigenvalue weighted by Gasteiger charge is -2.06. The Morgan fingerprint density at radius 3 is 2.80 bits per heavy atom. The van der Waals surface area contributed by atoms with E-state index in [0.29, 0.717) is 39.6 Å². The first-order chi connectivity index (χ1) is 9.61. The van der Waals surface area contributed by atoms with Crippen LogP contribution < -0.4 is 21.5 Å². The van der Waals surface area contributed by atoms with Crippen molar-refractivity contribution >= 4 is 34.6 Å². The molecule has 1 amide bonds. The molecule has 0 saturated carbocycles. The van der Waals surface area contributed by atoms with Gasteiger partial charge in [0.25, 0.3) is 5.91 Å². The minimum atomic E-state index is -0.214. The smallest absolute Gasteiger partial charge is 0.256 e. The minimum Gasteiger partial charge on any atom is -0.495 e. The number of hydrogen-bond donors (Lipinski definition) is 4. The molecule has 0 radical (unpaired) electrons. The van der Waals surface area contributed by atoms with Crippen LogP contribution in [0.1, 0.15) is 11.3 Å². The highest BCUT2D eigenvalue weighted by molar-refractivity contribution is 6.36. The van der Waals surface area contributed by atoms with Crippen LogP contribution in [0.3, 0.4) is 0 Å². The Bertz CT molecular complexity index is 731. The largest absolute Gasteiger partial charge is 0.495 e. The third kappa shape index (κ3) is 1.70. The first-order valence-electron chi connectivity index (χ1n) is 6.04. The molecule has 6 heteroatoms. The van der Waals surface area contributed by atoms with Crippen LogP contribution in [0.5, 0.6) is 5.75 Å². The number of methoxy groups -OCH3 is 1. The summed E-state index contributed by atoms with van der Waals surface area (Å²) < 4.78 is 5.21. The van der Waals surface area contributed by atoms with E-state index in [1.807, 2.05) is 0 Å². The van der Waals surface area contributed by atoms with Gasteiger partial charge >= 0.3 is 0 Å². The van der Waals surface area contributed by atoms with E-state index in [1.54, 1.807) is 37.6 Å². The fourth-order valence-electron chi connectivity index (χ4n) is 2.27. The summed E-state index contributed by atoms with van der Waals surface area (Å²) in [7, 11) is 1.57. The highest BCUT2D eigenvalue weighted by atomic mass is 16.5. The van der Waals surface area contributed by atoms with Crippen LogP contribution in [0.15, 0.2) is 24.4 Å². The van der Waals surface area contributed by atoms with Gasteiger partial charge in [0.2, 0.25) is 0 Å². The molecule has 1 aliphatic rings. The van der Waals surface area contributed by atoms with Crippen LogP contribution in [0, 0.1) is 0 Å². The van der Waals surface area contributed by atoms with E-state index in [4.69, 9.17) is 16.2 Å². The second-order valence-corrected chi connectivity index (χ2v) is 4.46. The Morgan fingerprint density at radius 2 is 2.05 bits per heavy atom. The van der Waals surface area contributed by atoms with Gasteiger partial charge in [0.15, 0.2) is 0 Å². The highest BCUT2D eigenvalue weighted by Crippen LogP contribution is 2.40. The quantitative estimate of drug-likeness (QED) is 0.492. The number of amides is 1.